The molecule has 2 aliphatic heterocycles. The Morgan fingerprint density at radius 2 is 1.82 bits per heavy atom. The zero-order valence-corrected chi connectivity index (χ0v) is 17.4. The summed E-state index contributed by atoms with van der Waals surface area (Å²) in [6.45, 7) is 7.19. The highest BCUT2D eigenvalue weighted by Crippen LogP contribution is 2.34. The lowest BCUT2D eigenvalue weighted by atomic mass is 9.96. The highest BCUT2D eigenvalue weighted by molar-refractivity contribution is 5.76. The van der Waals surface area contributed by atoms with E-state index in [0.29, 0.717) is 18.3 Å². The monoisotopic (exact) mass is 388 g/mol. The molecular weight excluding hydrogens is 352 g/mol. The van der Waals surface area contributed by atoms with Crippen molar-refractivity contribution in [1.29, 1.82) is 0 Å². The average Bonchev–Trinajstić information content (AvgIpc) is 3.31. The van der Waals surface area contributed by atoms with Gasteiger partial charge < -0.3 is 14.8 Å². The Morgan fingerprint density at radius 3 is 2.61 bits per heavy atom. The smallest absolute Gasteiger partial charge is 0.220 e. The SMILES string of the molecule is CN1CCN(CCNC(=O)CC2CCc3nnc(C4CCCC4)n3CC2)CC1. The number of aromatic nitrogens is 3. The largest absolute Gasteiger partial charge is 0.355 e. The van der Waals surface area contributed by atoms with Crippen molar-refractivity contribution in [3.63, 3.8) is 0 Å². The van der Waals surface area contributed by atoms with E-state index < -0.39 is 0 Å². The Morgan fingerprint density at radius 1 is 1.04 bits per heavy atom. The third-order valence-corrected chi connectivity index (χ3v) is 6.93. The third-order valence-electron chi connectivity index (χ3n) is 6.93. The molecule has 7 nitrogen and oxygen atoms in total. The second-order valence-electron chi connectivity index (χ2n) is 9.00. The van der Waals surface area contributed by atoms with E-state index in [1.807, 2.05) is 0 Å². The topological polar surface area (TPSA) is 66.3 Å². The molecule has 1 aromatic rings. The van der Waals surface area contributed by atoms with Gasteiger partial charge in [0.2, 0.25) is 5.91 Å². The van der Waals surface area contributed by atoms with Crippen LogP contribution in [0.1, 0.15) is 62.5 Å². The van der Waals surface area contributed by atoms with Gasteiger partial charge in [-0.05, 0) is 38.6 Å². The molecule has 28 heavy (non-hydrogen) atoms. The van der Waals surface area contributed by atoms with Gasteiger partial charge in [-0.1, -0.05) is 12.8 Å². The van der Waals surface area contributed by atoms with Crippen LogP contribution < -0.4 is 5.32 Å². The van der Waals surface area contributed by atoms with Gasteiger partial charge in [0.15, 0.2) is 0 Å². The molecule has 1 N–H and O–H groups in total. The van der Waals surface area contributed by atoms with E-state index in [1.54, 1.807) is 0 Å². The van der Waals surface area contributed by atoms with Crippen molar-refractivity contribution in [2.24, 2.45) is 5.92 Å². The van der Waals surface area contributed by atoms with E-state index in [4.69, 9.17) is 0 Å². The minimum Gasteiger partial charge on any atom is -0.355 e. The van der Waals surface area contributed by atoms with Crippen molar-refractivity contribution in [2.75, 3.05) is 46.3 Å². The summed E-state index contributed by atoms with van der Waals surface area (Å²) < 4.78 is 2.38. The lowest BCUT2D eigenvalue weighted by Gasteiger charge is -2.32. The molecule has 1 unspecified atom stereocenters. The van der Waals surface area contributed by atoms with E-state index in [1.165, 1.54) is 31.5 Å². The minimum atomic E-state index is 0.216. The van der Waals surface area contributed by atoms with Crippen LogP contribution in [0.4, 0.5) is 0 Å². The van der Waals surface area contributed by atoms with Gasteiger partial charge in [-0.15, -0.1) is 10.2 Å². The predicted octanol–water partition coefficient (Wildman–Crippen LogP) is 1.64. The van der Waals surface area contributed by atoms with Gasteiger partial charge in [0.1, 0.15) is 11.6 Å². The Bertz CT molecular complexity index is 645. The molecule has 0 spiro atoms. The molecule has 1 atom stereocenters. The molecule has 2 fully saturated rings. The number of carbonyl (C=O) groups excluding carboxylic acids is 1. The number of hydrogen-bond donors (Lipinski definition) is 1. The Kier molecular flexibility index (Phi) is 6.62. The summed E-state index contributed by atoms with van der Waals surface area (Å²) in [5, 5.41) is 12.2. The van der Waals surface area contributed by atoms with Gasteiger partial charge in [-0.2, -0.15) is 0 Å². The molecule has 0 radical (unpaired) electrons. The maximum atomic E-state index is 12.4. The fourth-order valence-corrected chi connectivity index (χ4v) is 5.02. The summed E-state index contributed by atoms with van der Waals surface area (Å²) in [5.41, 5.74) is 0. The molecule has 156 valence electrons. The second kappa shape index (κ2) is 9.35. The van der Waals surface area contributed by atoms with E-state index >= 15 is 0 Å². The third kappa shape index (κ3) is 4.92. The number of fused-ring (bicyclic) bond motifs is 1. The van der Waals surface area contributed by atoms with Crippen LogP contribution in [-0.2, 0) is 17.8 Å². The van der Waals surface area contributed by atoms with E-state index in [2.05, 4.69) is 36.9 Å². The Balaban J connectivity index is 1.20. The van der Waals surface area contributed by atoms with Crippen LogP contribution in [0.2, 0.25) is 0 Å². The summed E-state index contributed by atoms with van der Waals surface area (Å²) >= 11 is 0. The van der Waals surface area contributed by atoms with Gasteiger partial charge in [0, 0.05) is 64.6 Å². The standard InChI is InChI=1S/C21H36N6O/c1-25-12-14-26(15-13-25)11-9-22-20(28)16-17-6-7-19-23-24-21(27(19)10-8-17)18-4-2-3-5-18/h17-18H,2-16H2,1H3,(H,22,28). The first kappa shape index (κ1) is 19.8. The molecule has 3 heterocycles. The molecule has 0 aromatic carbocycles. The van der Waals surface area contributed by atoms with Gasteiger partial charge in [-0.3, -0.25) is 9.69 Å². The number of carbonyl (C=O) groups is 1. The maximum Gasteiger partial charge on any atom is 0.220 e. The lowest BCUT2D eigenvalue weighted by molar-refractivity contribution is -0.122. The molecule has 0 bridgehead atoms. The fraction of sp³-hybridized carbons (Fsp3) is 0.857. The Hall–Kier alpha value is -1.47. The summed E-state index contributed by atoms with van der Waals surface area (Å²) in [5.74, 6) is 3.63. The molecule has 1 amide bonds. The summed E-state index contributed by atoms with van der Waals surface area (Å²) in [6.07, 6.45) is 8.90. The first-order valence-corrected chi connectivity index (χ1v) is 11.3. The summed E-state index contributed by atoms with van der Waals surface area (Å²) in [6, 6.07) is 0. The molecule has 7 heteroatoms. The van der Waals surface area contributed by atoms with Crippen molar-refractivity contribution < 1.29 is 4.79 Å². The van der Waals surface area contributed by atoms with Crippen molar-refractivity contribution in [2.45, 2.75) is 63.8 Å². The zero-order chi connectivity index (χ0) is 19.3. The number of hydrogen-bond acceptors (Lipinski definition) is 5. The van der Waals surface area contributed by atoms with Gasteiger partial charge in [-0.25, -0.2) is 0 Å². The Labute approximate surface area is 168 Å². The van der Waals surface area contributed by atoms with Crippen LogP contribution in [0.15, 0.2) is 0 Å². The van der Waals surface area contributed by atoms with E-state index in [9.17, 15) is 4.79 Å². The van der Waals surface area contributed by atoms with Crippen LogP contribution in [-0.4, -0.2) is 76.8 Å². The number of piperazine rings is 1. The van der Waals surface area contributed by atoms with Gasteiger partial charge in [0.25, 0.3) is 0 Å². The van der Waals surface area contributed by atoms with Crippen molar-refractivity contribution >= 4 is 5.91 Å². The average molecular weight is 389 g/mol. The number of amides is 1. The summed E-state index contributed by atoms with van der Waals surface area (Å²) in [4.78, 5) is 17.2. The van der Waals surface area contributed by atoms with Crippen LogP contribution in [0.5, 0.6) is 0 Å². The number of nitrogens with one attached hydrogen (secondary N) is 1. The number of nitrogens with zero attached hydrogens (tertiary/aromatic N) is 5. The lowest BCUT2D eigenvalue weighted by Crippen LogP contribution is -2.47. The van der Waals surface area contributed by atoms with E-state index in [-0.39, 0.29) is 5.91 Å². The zero-order valence-electron chi connectivity index (χ0n) is 17.4. The molecule has 1 aromatic heterocycles. The molecule has 4 rings (SSSR count). The van der Waals surface area contributed by atoms with Crippen molar-refractivity contribution in [3.8, 4) is 0 Å². The molecule has 1 aliphatic carbocycles. The number of likely N-dealkylation sites (N-methyl/N-ethyl adjacent to an activating group) is 1. The van der Waals surface area contributed by atoms with Gasteiger partial charge in [0.05, 0.1) is 0 Å². The number of rotatable bonds is 6. The van der Waals surface area contributed by atoms with Gasteiger partial charge >= 0.3 is 0 Å². The van der Waals surface area contributed by atoms with Crippen LogP contribution in [0, 0.1) is 5.92 Å². The predicted molar refractivity (Wildman–Crippen MR) is 109 cm³/mol. The fourth-order valence-electron chi connectivity index (χ4n) is 5.02. The number of aryl methyl sites for hydroxylation is 1. The highest BCUT2D eigenvalue weighted by atomic mass is 16.1. The second-order valence-corrected chi connectivity index (χ2v) is 9.00. The molecule has 1 saturated carbocycles. The molecular formula is C21H36N6O. The molecule has 1 saturated heterocycles. The van der Waals surface area contributed by atoms with Crippen LogP contribution >= 0.6 is 0 Å². The maximum absolute atomic E-state index is 12.4. The van der Waals surface area contributed by atoms with E-state index in [0.717, 1.165) is 70.9 Å². The van der Waals surface area contributed by atoms with Crippen LogP contribution in [0.25, 0.3) is 0 Å². The normalized spacial score (nSPS) is 24.8. The highest BCUT2D eigenvalue weighted by Gasteiger charge is 2.27. The first-order valence-electron chi connectivity index (χ1n) is 11.3. The van der Waals surface area contributed by atoms with Crippen LogP contribution in [0.3, 0.4) is 0 Å². The van der Waals surface area contributed by atoms with Crippen molar-refractivity contribution in [1.82, 2.24) is 29.9 Å². The summed E-state index contributed by atoms with van der Waals surface area (Å²) in [7, 11) is 2.17. The minimum absolute atomic E-state index is 0.216. The van der Waals surface area contributed by atoms with Crippen molar-refractivity contribution in [3.05, 3.63) is 11.6 Å². The first-order chi connectivity index (χ1) is 13.7. The molecule has 3 aliphatic rings. The quantitative estimate of drug-likeness (QED) is 0.803.